The summed E-state index contributed by atoms with van der Waals surface area (Å²) in [7, 11) is 0. The van der Waals surface area contributed by atoms with Gasteiger partial charge in [-0.1, -0.05) is 92.1 Å². The first kappa shape index (κ1) is 17.8. The van der Waals surface area contributed by atoms with E-state index in [1.165, 1.54) is 70.3 Å². The minimum Gasteiger partial charge on any atom is -0.455 e. The molecule has 1 aliphatic rings. The third-order valence-corrected chi connectivity index (χ3v) is 6.91. The first-order chi connectivity index (χ1) is 14.9. The van der Waals surface area contributed by atoms with E-state index in [9.17, 15) is 0 Å². The van der Waals surface area contributed by atoms with Gasteiger partial charge in [0.05, 0.1) is 0 Å². The summed E-state index contributed by atoms with van der Waals surface area (Å²) in [6, 6.07) is 28.6. The van der Waals surface area contributed by atoms with Crippen molar-refractivity contribution in [2.45, 2.75) is 44.4 Å². The first-order valence-electron chi connectivity index (χ1n) is 11.3. The average Bonchev–Trinajstić information content (AvgIpc) is 3.19. The zero-order chi connectivity index (χ0) is 19.9. The predicted octanol–water partition coefficient (Wildman–Crippen LogP) is 8.38. The van der Waals surface area contributed by atoms with Crippen molar-refractivity contribution in [2.24, 2.45) is 0 Å². The van der Waals surface area contributed by atoms with Crippen LogP contribution in [0.3, 0.4) is 0 Å². The molecule has 30 heavy (non-hydrogen) atoms. The number of rotatable bonds is 3. The number of benzene rings is 4. The lowest BCUT2D eigenvalue weighted by atomic mass is 9.83. The summed E-state index contributed by atoms with van der Waals surface area (Å²) in [6.45, 7) is 0. The highest BCUT2D eigenvalue weighted by atomic mass is 16.3. The molecule has 0 amide bonds. The molecule has 0 saturated heterocycles. The van der Waals surface area contributed by atoms with E-state index < -0.39 is 0 Å². The SMILES string of the molecule is c1ccc(Cc2c3ccccc3cc3c2oc2c(C4CCCCC4)cccc23)cc1. The number of hydrogen-bond acceptors (Lipinski definition) is 1. The Morgan fingerprint density at radius 2 is 1.43 bits per heavy atom. The molecule has 0 bridgehead atoms. The largest absolute Gasteiger partial charge is 0.455 e. The van der Waals surface area contributed by atoms with Crippen LogP contribution in [0.25, 0.3) is 32.7 Å². The van der Waals surface area contributed by atoms with Crippen molar-refractivity contribution in [2.75, 3.05) is 0 Å². The highest BCUT2D eigenvalue weighted by Gasteiger charge is 2.22. The van der Waals surface area contributed by atoms with Gasteiger partial charge in [0, 0.05) is 22.8 Å². The Morgan fingerprint density at radius 1 is 0.667 bits per heavy atom. The maximum absolute atomic E-state index is 6.75. The summed E-state index contributed by atoms with van der Waals surface area (Å²) in [5.74, 6) is 0.634. The van der Waals surface area contributed by atoms with Crippen LogP contribution in [0.4, 0.5) is 0 Å². The van der Waals surface area contributed by atoms with Gasteiger partial charge in [-0.3, -0.25) is 0 Å². The smallest absolute Gasteiger partial charge is 0.139 e. The second kappa shape index (κ2) is 7.32. The normalized spacial score (nSPS) is 15.3. The summed E-state index contributed by atoms with van der Waals surface area (Å²) in [5, 5.41) is 5.12. The van der Waals surface area contributed by atoms with Crippen molar-refractivity contribution >= 4 is 32.7 Å². The molecule has 5 aromatic rings. The van der Waals surface area contributed by atoms with Gasteiger partial charge in [-0.25, -0.2) is 0 Å². The fourth-order valence-electron chi connectivity index (χ4n) is 5.41. The standard InChI is InChI=1S/C29H26O/c1-3-10-20(11-4-1)18-26-23-15-8-7-14-22(23)19-27-25-17-9-16-24(28(25)30-29(26)27)21-12-5-2-6-13-21/h1,3-4,7-11,14-17,19,21H,2,5-6,12-13,18H2. The lowest BCUT2D eigenvalue weighted by Crippen LogP contribution is -2.04. The Bertz CT molecular complexity index is 1340. The molecule has 6 rings (SSSR count). The summed E-state index contributed by atoms with van der Waals surface area (Å²) < 4.78 is 6.75. The minimum absolute atomic E-state index is 0.634. The van der Waals surface area contributed by atoms with Crippen molar-refractivity contribution in [1.29, 1.82) is 0 Å². The van der Waals surface area contributed by atoms with Gasteiger partial charge in [0.15, 0.2) is 0 Å². The van der Waals surface area contributed by atoms with E-state index in [1.54, 1.807) is 0 Å². The molecule has 148 valence electrons. The minimum atomic E-state index is 0.634. The molecule has 1 heteroatoms. The van der Waals surface area contributed by atoms with Crippen LogP contribution < -0.4 is 0 Å². The number of para-hydroxylation sites is 1. The summed E-state index contributed by atoms with van der Waals surface area (Å²) in [6.07, 6.45) is 7.51. The second-order valence-electron chi connectivity index (χ2n) is 8.78. The molecule has 1 nitrogen and oxygen atoms in total. The van der Waals surface area contributed by atoms with E-state index in [0.717, 1.165) is 17.6 Å². The Hall–Kier alpha value is -3.06. The fraction of sp³-hybridized carbons (Fsp3) is 0.241. The summed E-state index contributed by atoms with van der Waals surface area (Å²) in [5.41, 5.74) is 6.22. The molecule has 0 radical (unpaired) electrons. The fourth-order valence-corrected chi connectivity index (χ4v) is 5.41. The topological polar surface area (TPSA) is 13.1 Å². The molecule has 1 fully saturated rings. The van der Waals surface area contributed by atoms with Crippen molar-refractivity contribution in [3.05, 3.63) is 95.6 Å². The van der Waals surface area contributed by atoms with Crippen LogP contribution in [0.5, 0.6) is 0 Å². The maximum atomic E-state index is 6.75. The lowest BCUT2D eigenvalue weighted by Gasteiger charge is -2.21. The van der Waals surface area contributed by atoms with Gasteiger partial charge in [0.1, 0.15) is 11.2 Å². The molecular weight excluding hydrogens is 364 g/mol. The molecule has 4 aromatic carbocycles. The maximum Gasteiger partial charge on any atom is 0.139 e. The zero-order valence-corrected chi connectivity index (χ0v) is 17.2. The Balaban J connectivity index is 1.63. The van der Waals surface area contributed by atoms with Crippen LogP contribution in [-0.2, 0) is 6.42 Å². The second-order valence-corrected chi connectivity index (χ2v) is 8.78. The Morgan fingerprint density at radius 3 is 2.30 bits per heavy atom. The van der Waals surface area contributed by atoms with Gasteiger partial charge in [0.25, 0.3) is 0 Å². The van der Waals surface area contributed by atoms with Gasteiger partial charge in [-0.05, 0) is 46.7 Å². The van der Waals surface area contributed by atoms with Crippen molar-refractivity contribution in [3.63, 3.8) is 0 Å². The number of furan rings is 1. The summed E-state index contributed by atoms with van der Waals surface area (Å²) >= 11 is 0. The van der Waals surface area contributed by atoms with E-state index in [2.05, 4.69) is 78.9 Å². The van der Waals surface area contributed by atoms with Gasteiger partial charge in [-0.15, -0.1) is 0 Å². The molecule has 0 unspecified atom stereocenters. The van der Waals surface area contributed by atoms with Crippen LogP contribution in [0.1, 0.15) is 54.7 Å². The third-order valence-electron chi connectivity index (χ3n) is 6.91. The van der Waals surface area contributed by atoms with Gasteiger partial charge in [-0.2, -0.15) is 0 Å². The van der Waals surface area contributed by atoms with E-state index in [-0.39, 0.29) is 0 Å². The predicted molar refractivity (Wildman–Crippen MR) is 126 cm³/mol. The van der Waals surface area contributed by atoms with E-state index in [1.807, 2.05) is 0 Å². The van der Waals surface area contributed by atoms with Crippen LogP contribution >= 0.6 is 0 Å². The van der Waals surface area contributed by atoms with Crippen molar-refractivity contribution < 1.29 is 4.42 Å². The van der Waals surface area contributed by atoms with Crippen LogP contribution in [0.2, 0.25) is 0 Å². The first-order valence-corrected chi connectivity index (χ1v) is 11.3. The molecule has 0 spiro atoms. The third kappa shape index (κ3) is 2.92. The molecule has 1 aliphatic carbocycles. The van der Waals surface area contributed by atoms with Gasteiger partial charge < -0.3 is 4.42 Å². The lowest BCUT2D eigenvalue weighted by molar-refractivity contribution is 0.442. The molecule has 0 atom stereocenters. The van der Waals surface area contributed by atoms with Crippen LogP contribution in [0, 0.1) is 0 Å². The van der Waals surface area contributed by atoms with Gasteiger partial charge in [0.2, 0.25) is 0 Å². The monoisotopic (exact) mass is 390 g/mol. The molecular formula is C29H26O. The molecule has 1 heterocycles. The number of fused-ring (bicyclic) bond motifs is 4. The molecule has 1 saturated carbocycles. The van der Waals surface area contributed by atoms with Crippen molar-refractivity contribution in [1.82, 2.24) is 0 Å². The quantitative estimate of drug-likeness (QED) is 0.301. The molecule has 0 N–H and O–H groups in total. The zero-order valence-electron chi connectivity index (χ0n) is 17.2. The van der Waals surface area contributed by atoms with E-state index in [0.29, 0.717) is 5.92 Å². The number of hydrogen-bond donors (Lipinski definition) is 0. The Kier molecular flexibility index (Phi) is 4.34. The van der Waals surface area contributed by atoms with Gasteiger partial charge >= 0.3 is 0 Å². The average molecular weight is 391 g/mol. The Labute approximate surface area is 177 Å². The van der Waals surface area contributed by atoms with E-state index in [4.69, 9.17) is 4.42 Å². The van der Waals surface area contributed by atoms with E-state index >= 15 is 0 Å². The highest BCUT2D eigenvalue weighted by molar-refractivity contribution is 6.12. The van der Waals surface area contributed by atoms with Crippen molar-refractivity contribution in [3.8, 4) is 0 Å². The molecule has 0 aliphatic heterocycles. The summed E-state index contributed by atoms with van der Waals surface area (Å²) in [4.78, 5) is 0. The van der Waals surface area contributed by atoms with Crippen LogP contribution in [-0.4, -0.2) is 0 Å². The highest BCUT2D eigenvalue weighted by Crippen LogP contribution is 2.42. The van der Waals surface area contributed by atoms with Crippen LogP contribution in [0.15, 0.2) is 83.3 Å². The molecule has 1 aromatic heterocycles.